The van der Waals surface area contributed by atoms with Crippen LogP contribution in [0.25, 0.3) is 11.6 Å². The van der Waals surface area contributed by atoms with Crippen LogP contribution in [-0.2, 0) is 12.8 Å². The van der Waals surface area contributed by atoms with Gasteiger partial charge in [0.25, 0.3) is 11.1 Å². The van der Waals surface area contributed by atoms with Crippen LogP contribution in [0.1, 0.15) is 11.3 Å². The van der Waals surface area contributed by atoms with Gasteiger partial charge in [0.05, 0.1) is 7.11 Å². The van der Waals surface area contributed by atoms with E-state index in [4.69, 9.17) is 9.15 Å². The zero-order chi connectivity index (χ0) is 15.5. The van der Waals surface area contributed by atoms with Gasteiger partial charge < -0.3 is 9.15 Å². The molecule has 0 fully saturated rings. The maximum atomic E-state index is 5.65. The number of nitrogens with zero attached hydrogens (tertiary/aromatic N) is 4. The third-order valence-corrected chi connectivity index (χ3v) is 4.13. The van der Waals surface area contributed by atoms with E-state index in [1.807, 2.05) is 44.3 Å². The maximum Gasteiger partial charge on any atom is 0.277 e. The fraction of sp³-hybridized carbons (Fsp3) is 0.267. The van der Waals surface area contributed by atoms with Crippen LogP contribution in [0.2, 0.25) is 0 Å². The summed E-state index contributed by atoms with van der Waals surface area (Å²) < 4.78 is 12.6. The minimum absolute atomic E-state index is 0.442. The lowest BCUT2D eigenvalue weighted by Crippen LogP contribution is -1.92. The molecule has 7 heteroatoms. The Morgan fingerprint density at radius 1 is 1.27 bits per heavy atom. The zero-order valence-electron chi connectivity index (χ0n) is 12.6. The number of benzene rings is 1. The molecule has 0 atom stereocenters. The zero-order valence-corrected chi connectivity index (χ0v) is 13.4. The summed E-state index contributed by atoms with van der Waals surface area (Å²) in [4.78, 5) is 0. The highest BCUT2D eigenvalue weighted by atomic mass is 32.2. The van der Waals surface area contributed by atoms with E-state index < -0.39 is 0 Å². The number of hydrogen-bond donors (Lipinski definition) is 0. The fourth-order valence-corrected chi connectivity index (χ4v) is 2.65. The Morgan fingerprint density at radius 2 is 2.14 bits per heavy atom. The van der Waals surface area contributed by atoms with E-state index >= 15 is 0 Å². The molecule has 2 heterocycles. The molecule has 3 rings (SSSR count). The van der Waals surface area contributed by atoms with Crippen LogP contribution in [0.5, 0.6) is 5.75 Å². The summed E-state index contributed by atoms with van der Waals surface area (Å²) in [6, 6.07) is 9.83. The van der Waals surface area contributed by atoms with Crippen molar-refractivity contribution in [1.29, 1.82) is 0 Å². The number of thioether (sulfide) groups is 1. The Hall–Kier alpha value is -2.28. The molecule has 1 aromatic carbocycles. The largest absolute Gasteiger partial charge is 0.497 e. The number of rotatable bonds is 5. The van der Waals surface area contributed by atoms with Gasteiger partial charge in [0.15, 0.2) is 0 Å². The van der Waals surface area contributed by atoms with Crippen LogP contribution in [0, 0.1) is 6.92 Å². The predicted octanol–water partition coefficient (Wildman–Crippen LogP) is 3.08. The molecule has 3 aromatic rings. The van der Waals surface area contributed by atoms with Gasteiger partial charge in [-0.15, -0.1) is 10.2 Å². The molecule has 0 unspecified atom stereocenters. The van der Waals surface area contributed by atoms with Crippen molar-refractivity contribution in [3.63, 3.8) is 0 Å². The molecule has 6 nitrogen and oxygen atoms in total. The molecule has 2 aromatic heterocycles. The van der Waals surface area contributed by atoms with Crippen molar-refractivity contribution in [3.05, 3.63) is 41.6 Å². The second-order valence-electron chi connectivity index (χ2n) is 4.81. The second-order valence-corrected chi connectivity index (χ2v) is 5.73. The summed E-state index contributed by atoms with van der Waals surface area (Å²) in [5.74, 6) is 2.02. The quantitative estimate of drug-likeness (QED) is 0.674. The van der Waals surface area contributed by atoms with Gasteiger partial charge in [-0.25, -0.2) is 0 Å². The molecule has 22 heavy (non-hydrogen) atoms. The highest BCUT2D eigenvalue weighted by Crippen LogP contribution is 2.26. The maximum absolute atomic E-state index is 5.65. The average molecular weight is 316 g/mol. The van der Waals surface area contributed by atoms with Gasteiger partial charge in [0.1, 0.15) is 11.4 Å². The van der Waals surface area contributed by atoms with Crippen molar-refractivity contribution >= 4 is 11.8 Å². The third-order valence-electron chi connectivity index (χ3n) is 3.24. The van der Waals surface area contributed by atoms with E-state index in [0.717, 1.165) is 22.8 Å². The Bertz CT molecular complexity index is 762. The lowest BCUT2D eigenvalue weighted by Gasteiger charge is -2.02. The molecule has 0 aliphatic carbocycles. The molecule has 0 saturated heterocycles. The molecule has 0 radical (unpaired) electrons. The van der Waals surface area contributed by atoms with Crippen molar-refractivity contribution in [2.75, 3.05) is 7.11 Å². The lowest BCUT2D eigenvalue weighted by molar-refractivity contribution is 0.414. The summed E-state index contributed by atoms with van der Waals surface area (Å²) in [5.41, 5.74) is 2.87. The van der Waals surface area contributed by atoms with Gasteiger partial charge in [-0.2, -0.15) is 5.10 Å². The van der Waals surface area contributed by atoms with Gasteiger partial charge in [0, 0.05) is 18.5 Å². The smallest absolute Gasteiger partial charge is 0.277 e. The topological polar surface area (TPSA) is 66.0 Å². The number of ether oxygens (including phenoxy) is 1. The number of aromatic nitrogens is 4. The van der Waals surface area contributed by atoms with Gasteiger partial charge in [-0.05, 0) is 30.7 Å². The standard InChI is InChI=1S/C15H16N4O2S/c1-10-7-13(18-19(10)2)14-16-17-15(21-14)22-9-11-5-4-6-12(8-11)20-3/h4-8H,9H2,1-3H3. The van der Waals surface area contributed by atoms with E-state index in [9.17, 15) is 0 Å². The fourth-order valence-electron chi connectivity index (χ4n) is 1.94. The molecular weight excluding hydrogens is 300 g/mol. The SMILES string of the molecule is COc1cccc(CSc2nnc(-c3cc(C)n(C)n3)o2)c1. The van der Waals surface area contributed by atoms with Crippen molar-refractivity contribution in [2.24, 2.45) is 7.05 Å². The van der Waals surface area contributed by atoms with Gasteiger partial charge in [0.2, 0.25) is 0 Å². The summed E-state index contributed by atoms with van der Waals surface area (Å²) in [6.45, 7) is 1.98. The number of hydrogen-bond acceptors (Lipinski definition) is 6. The second kappa shape index (κ2) is 6.23. The Labute approximate surface area is 132 Å². The first kappa shape index (κ1) is 14.6. The highest BCUT2D eigenvalue weighted by molar-refractivity contribution is 7.98. The van der Waals surface area contributed by atoms with Crippen LogP contribution in [0.4, 0.5) is 0 Å². The molecule has 114 valence electrons. The first-order chi connectivity index (χ1) is 10.7. The Morgan fingerprint density at radius 3 is 2.86 bits per heavy atom. The van der Waals surface area contributed by atoms with Crippen molar-refractivity contribution in [2.45, 2.75) is 17.9 Å². The number of aryl methyl sites for hydroxylation is 2. The lowest BCUT2D eigenvalue weighted by atomic mass is 10.2. The number of methoxy groups -OCH3 is 1. The molecule has 0 aliphatic heterocycles. The van der Waals surface area contributed by atoms with Gasteiger partial charge in [-0.1, -0.05) is 23.9 Å². The van der Waals surface area contributed by atoms with E-state index in [2.05, 4.69) is 15.3 Å². The van der Waals surface area contributed by atoms with Crippen molar-refractivity contribution in [1.82, 2.24) is 20.0 Å². The van der Waals surface area contributed by atoms with Gasteiger partial charge in [-0.3, -0.25) is 4.68 Å². The summed E-state index contributed by atoms with van der Waals surface area (Å²) >= 11 is 1.49. The van der Waals surface area contributed by atoms with Crippen LogP contribution in [-0.4, -0.2) is 27.1 Å². The summed E-state index contributed by atoms with van der Waals surface area (Å²) in [6.07, 6.45) is 0. The Balaban J connectivity index is 1.69. The van der Waals surface area contributed by atoms with Crippen LogP contribution in [0.15, 0.2) is 40.0 Å². The van der Waals surface area contributed by atoms with E-state index in [0.29, 0.717) is 16.8 Å². The van der Waals surface area contributed by atoms with Gasteiger partial charge >= 0.3 is 0 Å². The molecule has 0 saturated carbocycles. The predicted molar refractivity (Wildman–Crippen MR) is 83.8 cm³/mol. The van der Waals surface area contributed by atoms with Crippen molar-refractivity contribution < 1.29 is 9.15 Å². The molecular formula is C15H16N4O2S. The third kappa shape index (κ3) is 3.14. The first-order valence-corrected chi connectivity index (χ1v) is 7.74. The summed E-state index contributed by atoms with van der Waals surface area (Å²) in [5, 5.41) is 13.0. The van der Waals surface area contributed by atoms with Crippen LogP contribution >= 0.6 is 11.8 Å². The van der Waals surface area contributed by atoms with E-state index in [1.54, 1.807) is 11.8 Å². The monoisotopic (exact) mass is 316 g/mol. The average Bonchev–Trinajstić information content (AvgIpc) is 3.13. The van der Waals surface area contributed by atoms with Crippen LogP contribution in [0.3, 0.4) is 0 Å². The normalized spacial score (nSPS) is 10.9. The van der Waals surface area contributed by atoms with Crippen molar-refractivity contribution in [3.8, 4) is 17.3 Å². The highest BCUT2D eigenvalue weighted by Gasteiger charge is 2.13. The molecule has 0 bridgehead atoms. The Kier molecular flexibility index (Phi) is 4.15. The van der Waals surface area contributed by atoms with E-state index in [-0.39, 0.29) is 0 Å². The van der Waals surface area contributed by atoms with E-state index in [1.165, 1.54) is 11.8 Å². The molecule has 0 spiro atoms. The summed E-state index contributed by atoms with van der Waals surface area (Å²) in [7, 11) is 3.54. The minimum Gasteiger partial charge on any atom is -0.497 e. The minimum atomic E-state index is 0.442. The first-order valence-electron chi connectivity index (χ1n) is 6.76. The molecule has 0 N–H and O–H groups in total. The molecule has 0 amide bonds. The molecule has 0 aliphatic rings. The van der Waals surface area contributed by atoms with Crippen LogP contribution < -0.4 is 4.74 Å².